The van der Waals surface area contributed by atoms with E-state index in [1.165, 1.54) is 29.7 Å². The Labute approximate surface area is 170 Å². The van der Waals surface area contributed by atoms with Crippen LogP contribution in [0.15, 0.2) is 52.9 Å². The maximum atomic E-state index is 13.2. The first-order valence-corrected chi connectivity index (χ1v) is 12.1. The third kappa shape index (κ3) is 3.86. The van der Waals surface area contributed by atoms with Crippen LogP contribution in [-0.2, 0) is 10.0 Å². The zero-order valence-electron chi connectivity index (χ0n) is 16.1. The normalized spacial score (nSPS) is 15.4. The lowest BCUT2D eigenvalue weighted by Crippen LogP contribution is -2.13. The molecule has 1 aliphatic carbocycles. The fourth-order valence-corrected chi connectivity index (χ4v) is 5.65. The average Bonchev–Trinajstić information content (AvgIpc) is 3.40. The fourth-order valence-electron chi connectivity index (χ4n) is 3.66. The van der Waals surface area contributed by atoms with Crippen LogP contribution < -0.4 is 4.72 Å². The highest BCUT2D eigenvalue weighted by Gasteiger charge is 2.27. The number of hydrogen-bond donors (Lipinski definition) is 1. The monoisotopic (exact) mass is 415 g/mol. The first-order chi connectivity index (χ1) is 13.4. The van der Waals surface area contributed by atoms with E-state index in [1.54, 1.807) is 6.20 Å². The quantitative estimate of drug-likeness (QED) is 0.566. The van der Waals surface area contributed by atoms with E-state index in [2.05, 4.69) is 23.7 Å². The Morgan fingerprint density at radius 3 is 2.46 bits per heavy atom. The van der Waals surface area contributed by atoms with Gasteiger partial charge in [0.25, 0.3) is 10.0 Å². The van der Waals surface area contributed by atoms with Crippen molar-refractivity contribution in [3.63, 3.8) is 0 Å². The van der Waals surface area contributed by atoms with Gasteiger partial charge >= 0.3 is 0 Å². The predicted molar refractivity (Wildman–Crippen MR) is 114 cm³/mol. The maximum absolute atomic E-state index is 13.2. The van der Waals surface area contributed by atoms with Crippen molar-refractivity contribution in [3.05, 3.63) is 53.5 Å². The summed E-state index contributed by atoms with van der Waals surface area (Å²) in [4.78, 5) is 1.11. The first kappa shape index (κ1) is 19.2. The van der Waals surface area contributed by atoms with Gasteiger partial charge in [0, 0.05) is 11.9 Å². The predicted octanol–water partition coefficient (Wildman–Crippen LogP) is 5.65. The Morgan fingerprint density at radius 1 is 1.14 bits per heavy atom. The Morgan fingerprint density at radius 2 is 1.86 bits per heavy atom. The number of sulfonamides is 1. The third-order valence-electron chi connectivity index (χ3n) is 5.27. The minimum Gasteiger partial charge on any atom is -0.280 e. The minimum absolute atomic E-state index is 0.245. The number of hydrogen-bond acceptors (Lipinski definition) is 4. The molecule has 5 nitrogen and oxygen atoms in total. The van der Waals surface area contributed by atoms with Crippen molar-refractivity contribution in [1.29, 1.82) is 0 Å². The zero-order chi connectivity index (χ0) is 19.7. The van der Waals surface area contributed by atoms with Crippen molar-refractivity contribution < 1.29 is 8.42 Å². The highest BCUT2D eigenvalue weighted by atomic mass is 32.2. The molecule has 0 amide bonds. The maximum Gasteiger partial charge on any atom is 0.265 e. The van der Waals surface area contributed by atoms with E-state index in [9.17, 15) is 8.42 Å². The largest absolute Gasteiger partial charge is 0.280 e. The van der Waals surface area contributed by atoms with Gasteiger partial charge in [0.15, 0.2) is 0 Å². The van der Waals surface area contributed by atoms with Gasteiger partial charge in [0.1, 0.15) is 10.6 Å². The van der Waals surface area contributed by atoms with Gasteiger partial charge in [-0.25, -0.2) is 8.42 Å². The molecule has 4 rings (SSSR count). The van der Waals surface area contributed by atoms with Crippen LogP contribution in [0, 0.1) is 0 Å². The smallest absolute Gasteiger partial charge is 0.265 e. The van der Waals surface area contributed by atoms with E-state index in [-0.39, 0.29) is 10.9 Å². The van der Waals surface area contributed by atoms with E-state index in [0.717, 1.165) is 17.7 Å². The molecule has 2 aromatic heterocycles. The second kappa shape index (κ2) is 7.72. The summed E-state index contributed by atoms with van der Waals surface area (Å²) >= 11 is 1.51. The number of anilines is 1. The van der Waals surface area contributed by atoms with Crippen molar-refractivity contribution in [1.82, 2.24) is 9.78 Å². The highest BCUT2D eigenvalue weighted by molar-refractivity contribution is 7.92. The number of nitrogens with zero attached hydrogens (tertiary/aromatic N) is 2. The summed E-state index contributed by atoms with van der Waals surface area (Å²) in [6.45, 7) is 4.23. The molecule has 0 aliphatic heterocycles. The summed E-state index contributed by atoms with van der Waals surface area (Å²) in [6, 6.07) is 11.7. The van der Waals surface area contributed by atoms with Crippen LogP contribution in [0.3, 0.4) is 0 Å². The van der Waals surface area contributed by atoms with Crippen molar-refractivity contribution in [3.8, 4) is 10.6 Å². The molecule has 1 saturated carbocycles. The second-order valence-electron chi connectivity index (χ2n) is 7.62. The molecule has 0 unspecified atom stereocenters. The Bertz CT molecular complexity index is 1030. The second-order valence-corrected chi connectivity index (χ2v) is 10.2. The molecule has 7 heteroatoms. The standard InChI is InChI=1S/C21H25N3O2S2/c1-15(2)16-9-11-17(12-10-16)23-28(25,26)20-14-24(18-6-3-4-7-18)22-21(20)19-8-5-13-27-19/h5,8-15,18,23H,3-4,6-7H2,1-2H3. The molecule has 0 atom stereocenters. The lowest BCUT2D eigenvalue weighted by molar-refractivity contribution is 0.467. The van der Waals surface area contributed by atoms with Crippen LogP contribution in [0.25, 0.3) is 10.6 Å². The first-order valence-electron chi connectivity index (χ1n) is 9.70. The zero-order valence-corrected chi connectivity index (χ0v) is 17.8. The van der Waals surface area contributed by atoms with Crippen molar-refractivity contribution in [2.45, 2.75) is 56.4 Å². The van der Waals surface area contributed by atoms with Gasteiger partial charge < -0.3 is 0 Å². The van der Waals surface area contributed by atoms with Gasteiger partial charge in [0.2, 0.25) is 0 Å². The van der Waals surface area contributed by atoms with E-state index in [0.29, 0.717) is 17.3 Å². The lowest BCUT2D eigenvalue weighted by atomic mass is 10.0. The van der Waals surface area contributed by atoms with E-state index in [4.69, 9.17) is 0 Å². The van der Waals surface area contributed by atoms with Crippen LogP contribution in [0.5, 0.6) is 0 Å². The molecule has 1 aromatic carbocycles. The van der Waals surface area contributed by atoms with Gasteiger partial charge in [-0.15, -0.1) is 11.3 Å². The molecule has 0 saturated heterocycles. The Balaban J connectivity index is 1.69. The van der Waals surface area contributed by atoms with Crippen molar-refractivity contribution in [2.75, 3.05) is 4.72 Å². The summed E-state index contributed by atoms with van der Waals surface area (Å²) in [6.07, 6.45) is 6.14. The molecular formula is C21H25N3O2S2. The summed E-state index contributed by atoms with van der Waals surface area (Å²) in [5.41, 5.74) is 2.28. The molecule has 0 bridgehead atoms. The number of nitrogens with one attached hydrogen (secondary N) is 1. The Kier molecular flexibility index (Phi) is 5.29. The Hall–Kier alpha value is -2.12. The molecule has 0 spiro atoms. The molecule has 148 valence electrons. The highest BCUT2D eigenvalue weighted by Crippen LogP contribution is 2.35. The van der Waals surface area contributed by atoms with Gasteiger partial charge in [-0.05, 0) is 47.9 Å². The van der Waals surface area contributed by atoms with Gasteiger partial charge in [-0.2, -0.15) is 5.10 Å². The minimum atomic E-state index is -3.74. The molecule has 1 aliphatic rings. The molecule has 1 fully saturated rings. The van der Waals surface area contributed by atoms with Crippen LogP contribution in [-0.4, -0.2) is 18.2 Å². The van der Waals surface area contributed by atoms with Crippen molar-refractivity contribution >= 4 is 27.0 Å². The number of aromatic nitrogens is 2. The average molecular weight is 416 g/mol. The third-order valence-corrected chi connectivity index (χ3v) is 7.53. The van der Waals surface area contributed by atoms with Crippen molar-refractivity contribution in [2.24, 2.45) is 0 Å². The van der Waals surface area contributed by atoms with Crippen LogP contribution in [0.2, 0.25) is 0 Å². The number of benzene rings is 1. The molecular weight excluding hydrogens is 390 g/mol. The summed E-state index contributed by atoms with van der Waals surface area (Å²) in [5.74, 6) is 0.403. The van der Waals surface area contributed by atoms with Crippen LogP contribution in [0.4, 0.5) is 5.69 Å². The van der Waals surface area contributed by atoms with Gasteiger partial charge in [-0.1, -0.05) is 44.9 Å². The van der Waals surface area contributed by atoms with Crippen LogP contribution in [0.1, 0.15) is 57.1 Å². The number of rotatable bonds is 6. The summed E-state index contributed by atoms with van der Waals surface area (Å²) in [7, 11) is -3.74. The lowest BCUT2D eigenvalue weighted by Gasteiger charge is -2.10. The van der Waals surface area contributed by atoms with E-state index < -0.39 is 10.0 Å². The molecule has 0 radical (unpaired) electrons. The van der Waals surface area contributed by atoms with E-state index >= 15 is 0 Å². The number of thiophene rings is 1. The van der Waals surface area contributed by atoms with Gasteiger partial charge in [-0.3, -0.25) is 9.40 Å². The topological polar surface area (TPSA) is 64.0 Å². The SMILES string of the molecule is CC(C)c1ccc(NS(=O)(=O)c2cn(C3CCCC3)nc2-c2cccs2)cc1. The summed E-state index contributed by atoms with van der Waals surface area (Å²) in [5, 5.41) is 6.63. The molecule has 3 aromatic rings. The molecule has 28 heavy (non-hydrogen) atoms. The van der Waals surface area contributed by atoms with E-state index in [1.807, 2.05) is 46.5 Å². The fraction of sp³-hybridized carbons (Fsp3) is 0.381. The molecule has 1 N–H and O–H groups in total. The van der Waals surface area contributed by atoms with Crippen LogP contribution >= 0.6 is 11.3 Å². The summed E-state index contributed by atoms with van der Waals surface area (Å²) < 4.78 is 31.0. The van der Waals surface area contributed by atoms with Gasteiger partial charge in [0.05, 0.1) is 10.9 Å². The molecule has 2 heterocycles.